The summed E-state index contributed by atoms with van der Waals surface area (Å²) in [4.78, 5) is 22.2. The number of hydrogen-bond acceptors (Lipinski definition) is 4. The summed E-state index contributed by atoms with van der Waals surface area (Å²) in [5, 5.41) is 4.68. The van der Waals surface area contributed by atoms with Crippen LogP contribution in [0, 0.1) is 0 Å². The fourth-order valence-corrected chi connectivity index (χ4v) is 5.75. The first-order chi connectivity index (χ1) is 17.2. The lowest BCUT2D eigenvalue weighted by Crippen LogP contribution is -2.33. The number of ether oxygens (including phenoxy) is 1. The summed E-state index contributed by atoms with van der Waals surface area (Å²) in [7, 11) is 1.67. The van der Waals surface area contributed by atoms with Crippen molar-refractivity contribution in [2.45, 2.75) is 24.8 Å². The number of nitrogens with one attached hydrogen (secondary N) is 2. The van der Waals surface area contributed by atoms with E-state index in [4.69, 9.17) is 9.72 Å². The van der Waals surface area contributed by atoms with E-state index in [1.54, 1.807) is 7.11 Å². The third kappa shape index (κ3) is 3.03. The number of Topliss-reactive ketones (excluding diaryl/α,β-unsaturated/α-hetero) is 1. The molecule has 1 aliphatic heterocycles. The van der Waals surface area contributed by atoms with Crippen LogP contribution in [0.15, 0.2) is 90.3 Å². The molecule has 7 rings (SSSR count). The minimum atomic E-state index is -0.242. The zero-order valence-electron chi connectivity index (χ0n) is 19.3. The van der Waals surface area contributed by atoms with Gasteiger partial charge in [0.2, 0.25) is 5.95 Å². The van der Waals surface area contributed by atoms with E-state index < -0.39 is 0 Å². The summed E-state index contributed by atoms with van der Waals surface area (Å²) in [6, 6.07) is 24.2. The summed E-state index contributed by atoms with van der Waals surface area (Å²) < 4.78 is 7.51. The number of carbonyl (C=O) groups is 1. The van der Waals surface area contributed by atoms with Gasteiger partial charge in [0.05, 0.1) is 24.2 Å². The van der Waals surface area contributed by atoms with Gasteiger partial charge in [-0.05, 0) is 48.2 Å². The molecule has 35 heavy (non-hydrogen) atoms. The second kappa shape index (κ2) is 7.60. The summed E-state index contributed by atoms with van der Waals surface area (Å²) in [5.41, 5.74) is 7.05. The normalized spacial score (nSPS) is 19.5. The summed E-state index contributed by atoms with van der Waals surface area (Å²) in [5.74, 6) is 1.89. The van der Waals surface area contributed by atoms with E-state index in [0.717, 1.165) is 62.5 Å². The van der Waals surface area contributed by atoms with Gasteiger partial charge in [0.1, 0.15) is 5.75 Å². The zero-order chi connectivity index (χ0) is 23.5. The molecule has 2 aromatic heterocycles. The average molecular weight is 461 g/mol. The van der Waals surface area contributed by atoms with E-state index in [2.05, 4.69) is 45.2 Å². The minimum absolute atomic E-state index is 0.110. The van der Waals surface area contributed by atoms with Crippen LogP contribution in [0.1, 0.15) is 35.9 Å². The number of para-hydroxylation sites is 3. The molecular weight excluding hydrogens is 436 g/mol. The van der Waals surface area contributed by atoms with Crippen LogP contribution in [0.4, 0.5) is 5.95 Å². The van der Waals surface area contributed by atoms with Crippen molar-refractivity contribution in [3.63, 3.8) is 0 Å². The van der Waals surface area contributed by atoms with Gasteiger partial charge in [0, 0.05) is 40.4 Å². The standard InChI is InChI=1S/C29H24N4O2/c1-35-19-12-10-17(11-13-19)18-14-24-27(26(34)15-18)28(21-16-30-22-7-3-2-6-20(21)22)33-25-9-5-4-8-23(25)31-29(33)32-24/h2-13,16,18,28,30H,14-15H2,1H3,(H,31,32)/t18-,28-/m0/s1. The molecule has 6 nitrogen and oxygen atoms in total. The summed E-state index contributed by atoms with van der Waals surface area (Å²) in [6.45, 7) is 0. The quantitative estimate of drug-likeness (QED) is 0.349. The molecule has 3 aromatic carbocycles. The van der Waals surface area contributed by atoms with Crippen LogP contribution in [0.2, 0.25) is 0 Å². The molecule has 5 aromatic rings. The van der Waals surface area contributed by atoms with Crippen LogP contribution in [0.25, 0.3) is 21.9 Å². The smallest absolute Gasteiger partial charge is 0.209 e. The number of aromatic nitrogens is 3. The van der Waals surface area contributed by atoms with Gasteiger partial charge in [0.15, 0.2) is 5.78 Å². The molecule has 0 saturated carbocycles. The van der Waals surface area contributed by atoms with Crippen molar-refractivity contribution in [2.24, 2.45) is 0 Å². The number of H-pyrrole nitrogens is 1. The number of ketones is 1. The maximum atomic E-state index is 13.9. The maximum absolute atomic E-state index is 13.9. The first-order valence-corrected chi connectivity index (χ1v) is 11.9. The number of imidazole rings is 1. The van der Waals surface area contributed by atoms with Crippen molar-refractivity contribution in [3.8, 4) is 5.75 Å². The third-order valence-electron chi connectivity index (χ3n) is 7.40. The van der Waals surface area contributed by atoms with Gasteiger partial charge >= 0.3 is 0 Å². The Morgan fingerprint density at radius 3 is 2.63 bits per heavy atom. The Bertz CT molecular complexity index is 1640. The highest BCUT2D eigenvalue weighted by Gasteiger charge is 2.40. The molecule has 0 spiro atoms. The van der Waals surface area contributed by atoms with E-state index in [1.807, 2.05) is 48.7 Å². The Morgan fingerprint density at radius 2 is 1.77 bits per heavy atom. The molecule has 1 aliphatic carbocycles. The fraction of sp³-hybridized carbons (Fsp3) is 0.172. The Labute approximate surface area is 202 Å². The number of hydrogen-bond donors (Lipinski definition) is 2. The lowest BCUT2D eigenvalue weighted by atomic mass is 9.77. The predicted octanol–water partition coefficient (Wildman–Crippen LogP) is 5.94. The third-order valence-corrected chi connectivity index (χ3v) is 7.40. The first-order valence-electron chi connectivity index (χ1n) is 11.9. The molecule has 0 bridgehead atoms. The van der Waals surface area contributed by atoms with Crippen molar-refractivity contribution in [1.82, 2.24) is 14.5 Å². The van der Waals surface area contributed by atoms with Crippen molar-refractivity contribution < 1.29 is 9.53 Å². The minimum Gasteiger partial charge on any atom is -0.497 e. The highest BCUT2D eigenvalue weighted by molar-refractivity contribution is 6.02. The molecule has 0 amide bonds. The molecule has 3 heterocycles. The molecule has 6 heteroatoms. The van der Waals surface area contributed by atoms with Gasteiger partial charge in [-0.25, -0.2) is 4.98 Å². The lowest BCUT2D eigenvalue weighted by molar-refractivity contribution is -0.116. The van der Waals surface area contributed by atoms with Crippen LogP contribution < -0.4 is 10.1 Å². The molecule has 2 atom stereocenters. The van der Waals surface area contributed by atoms with Gasteiger partial charge in [-0.15, -0.1) is 0 Å². The summed E-state index contributed by atoms with van der Waals surface area (Å²) in [6.07, 6.45) is 3.29. The van der Waals surface area contributed by atoms with Gasteiger partial charge in [-0.1, -0.05) is 42.5 Å². The molecule has 0 saturated heterocycles. The number of fused-ring (bicyclic) bond motifs is 4. The molecule has 2 N–H and O–H groups in total. The maximum Gasteiger partial charge on any atom is 0.209 e. The second-order valence-electron chi connectivity index (χ2n) is 9.31. The molecule has 0 fully saturated rings. The average Bonchev–Trinajstić information content (AvgIpc) is 3.49. The Balaban J connectivity index is 1.41. The van der Waals surface area contributed by atoms with Gasteiger partial charge in [-0.2, -0.15) is 0 Å². The van der Waals surface area contributed by atoms with Crippen LogP contribution in [0.5, 0.6) is 5.75 Å². The number of carbonyl (C=O) groups excluding carboxylic acids is 1. The van der Waals surface area contributed by atoms with Gasteiger partial charge in [-0.3, -0.25) is 9.36 Å². The predicted molar refractivity (Wildman–Crippen MR) is 137 cm³/mol. The number of anilines is 1. The van der Waals surface area contributed by atoms with Crippen molar-refractivity contribution in [1.29, 1.82) is 0 Å². The number of rotatable bonds is 3. The monoisotopic (exact) mass is 460 g/mol. The Kier molecular flexibility index (Phi) is 4.36. The second-order valence-corrected chi connectivity index (χ2v) is 9.31. The molecule has 0 radical (unpaired) electrons. The zero-order valence-corrected chi connectivity index (χ0v) is 19.3. The highest BCUT2D eigenvalue weighted by Crippen LogP contribution is 2.47. The van der Waals surface area contributed by atoms with E-state index in [9.17, 15) is 4.79 Å². The van der Waals surface area contributed by atoms with Crippen LogP contribution >= 0.6 is 0 Å². The number of allylic oxidation sites excluding steroid dienone is 2. The van der Waals surface area contributed by atoms with E-state index in [-0.39, 0.29) is 17.7 Å². The first kappa shape index (κ1) is 20.1. The number of methoxy groups -OCH3 is 1. The molecular formula is C29H24N4O2. The molecule has 172 valence electrons. The lowest BCUT2D eigenvalue weighted by Gasteiger charge is -2.36. The Hall–Kier alpha value is -4.32. The van der Waals surface area contributed by atoms with Crippen LogP contribution in [-0.2, 0) is 4.79 Å². The van der Waals surface area contributed by atoms with Gasteiger partial charge < -0.3 is 15.0 Å². The topological polar surface area (TPSA) is 71.9 Å². The van der Waals surface area contributed by atoms with E-state index in [1.165, 1.54) is 0 Å². The largest absolute Gasteiger partial charge is 0.497 e. The fourth-order valence-electron chi connectivity index (χ4n) is 5.75. The van der Waals surface area contributed by atoms with E-state index >= 15 is 0 Å². The highest BCUT2D eigenvalue weighted by atomic mass is 16.5. The van der Waals surface area contributed by atoms with E-state index in [0.29, 0.717) is 6.42 Å². The van der Waals surface area contributed by atoms with Gasteiger partial charge in [0.25, 0.3) is 0 Å². The van der Waals surface area contributed by atoms with Crippen molar-refractivity contribution >= 4 is 33.7 Å². The van der Waals surface area contributed by atoms with Crippen molar-refractivity contribution in [3.05, 3.63) is 101 Å². The Morgan fingerprint density at radius 1 is 0.971 bits per heavy atom. The number of nitrogens with zero attached hydrogens (tertiary/aromatic N) is 2. The summed E-state index contributed by atoms with van der Waals surface area (Å²) >= 11 is 0. The van der Waals surface area contributed by atoms with Crippen molar-refractivity contribution in [2.75, 3.05) is 12.4 Å². The molecule has 0 unspecified atom stereocenters. The SMILES string of the molecule is COc1ccc([C@@H]2CC(=O)C3=C(C2)Nc2nc4ccccc4n2[C@H]3c2c[nH]c3ccccc23)cc1. The van der Waals surface area contributed by atoms with Crippen LogP contribution in [-0.4, -0.2) is 27.4 Å². The van der Waals surface area contributed by atoms with Crippen LogP contribution in [0.3, 0.4) is 0 Å². The number of benzene rings is 3. The molecule has 2 aliphatic rings. The number of aromatic amines is 1.